The molecule has 0 unspecified atom stereocenters. The van der Waals surface area contributed by atoms with Gasteiger partial charge in [-0.2, -0.15) is 0 Å². The van der Waals surface area contributed by atoms with Crippen molar-refractivity contribution in [1.82, 2.24) is 10.0 Å². The third kappa shape index (κ3) is 6.14. The lowest BCUT2D eigenvalue weighted by Crippen LogP contribution is -2.26. The number of hydrogen-bond acceptors (Lipinski definition) is 3. The Hall–Kier alpha value is -0.910. The van der Waals surface area contributed by atoms with Gasteiger partial charge in [-0.25, -0.2) is 13.1 Å². The zero-order valence-electron chi connectivity index (χ0n) is 11.3. The first kappa shape index (κ1) is 15.1. The van der Waals surface area contributed by atoms with Crippen molar-refractivity contribution in [3.05, 3.63) is 34.9 Å². The Kier molecular flexibility index (Phi) is 5.78. The van der Waals surface area contributed by atoms with E-state index in [1.807, 2.05) is 0 Å². The first-order valence-corrected chi connectivity index (χ1v) is 7.99. The van der Waals surface area contributed by atoms with E-state index in [9.17, 15) is 8.42 Å². The first-order chi connectivity index (χ1) is 8.38. The van der Waals surface area contributed by atoms with Gasteiger partial charge in [0.15, 0.2) is 0 Å². The van der Waals surface area contributed by atoms with E-state index >= 15 is 0 Å². The van der Waals surface area contributed by atoms with E-state index in [2.05, 4.69) is 42.1 Å². The van der Waals surface area contributed by atoms with Gasteiger partial charge >= 0.3 is 0 Å². The second kappa shape index (κ2) is 6.87. The van der Waals surface area contributed by atoms with Crippen LogP contribution in [0.5, 0.6) is 0 Å². The fraction of sp³-hybridized carbons (Fsp3) is 0.538. The molecule has 0 amide bonds. The van der Waals surface area contributed by atoms with Gasteiger partial charge in [-0.15, -0.1) is 0 Å². The molecule has 0 aliphatic carbocycles. The topological polar surface area (TPSA) is 58.2 Å². The molecule has 102 valence electrons. The molecule has 0 saturated carbocycles. The lowest BCUT2D eigenvalue weighted by molar-refractivity contribution is 0.579. The van der Waals surface area contributed by atoms with Crippen LogP contribution >= 0.6 is 0 Å². The van der Waals surface area contributed by atoms with E-state index in [0.717, 1.165) is 19.5 Å². The smallest absolute Gasteiger partial charge is 0.208 e. The average Bonchev–Trinajstić information content (AvgIpc) is 2.26. The molecule has 5 heteroatoms. The summed E-state index contributed by atoms with van der Waals surface area (Å²) in [6, 6.07) is 6.42. The molecule has 18 heavy (non-hydrogen) atoms. The van der Waals surface area contributed by atoms with Crippen LogP contribution in [-0.2, 0) is 16.6 Å². The molecule has 1 rings (SSSR count). The number of sulfonamides is 1. The van der Waals surface area contributed by atoms with E-state index in [1.165, 1.54) is 22.9 Å². The van der Waals surface area contributed by atoms with Crippen molar-refractivity contribution in [3.8, 4) is 0 Å². The van der Waals surface area contributed by atoms with E-state index in [4.69, 9.17) is 0 Å². The Morgan fingerprint density at radius 2 is 1.83 bits per heavy atom. The van der Waals surface area contributed by atoms with Gasteiger partial charge in [0.1, 0.15) is 0 Å². The van der Waals surface area contributed by atoms with Gasteiger partial charge in [0.05, 0.1) is 6.26 Å². The summed E-state index contributed by atoms with van der Waals surface area (Å²) in [5.41, 5.74) is 3.86. The van der Waals surface area contributed by atoms with E-state index in [0.29, 0.717) is 6.54 Å². The minimum Gasteiger partial charge on any atom is -0.313 e. The summed E-state index contributed by atoms with van der Waals surface area (Å²) < 4.78 is 24.1. The lowest BCUT2D eigenvalue weighted by Gasteiger charge is -2.07. The zero-order chi connectivity index (χ0) is 13.6. The summed E-state index contributed by atoms with van der Waals surface area (Å²) >= 11 is 0. The van der Waals surface area contributed by atoms with Gasteiger partial charge < -0.3 is 5.32 Å². The van der Waals surface area contributed by atoms with Crippen molar-refractivity contribution < 1.29 is 8.42 Å². The molecule has 0 heterocycles. The zero-order valence-corrected chi connectivity index (χ0v) is 12.1. The SMILES string of the molecule is Cc1ccc(CNCCCNS(C)(=O)=O)cc1C. The monoisotopic (exact) mass is 270 g/mol. The van der Waals surface area contributed by atoms with Crippen LogP contribution in [0.2, 0.25) is 0 Å². The summed E-state index contributed by atoms with van der Waals surface area (Å²) in [4.78, 5) is 0. The van der Waals surface area contributed by atoms with Crippen LogP contribution in [0, 0.1) is 13.8 Å². The molecule has 0 saturated heterocycles. The molecule has 0 fully saturated rings. The highest BCUT2D eigenvalue weighted by Gasteiger charge is 1.99. The summed E-state index contributed by atoms with van der Waals surface area (Å²) in [5.74, 6) is 0. The molecule has 2 N–H and O–H groups in total. The van der Waals surface area contributed by atoms with Gasteiger partial charge in [-0.3, -0.25) is 0 Å². The molecule has 0 aliphatic heterocycles. The molecule has 4 nitrogen and oxygen atoms in total. The molecule has 1 aromatic carbocycles. The standard InChI is InChI=1S/C13H22N2O2S/c1-11-5-6-13(9-12(11)2)10-14-7-4-8-15-18(3,16)17/h5-6,9,14-15H,4,7-8,10H2,1-3H3. The number of benzene rings is 1. The summed E-state index contributed by atoms with van der Waals surface area (Å²) in [7, 11) is -3.05. The Morgan fingerprint density at radius 1 is 1.11 bits per heavy atom. The van der Waals surface area contributed by atoms with Crippen LogP contribution < -0.4 is 10.0 Å². The summed E-state index contributed by atoms with van der Waals surface area (Å²) in [6.45, 7) is 6.31. The number of aryl methyl sites for hydroxylation is 2. The van der Waals surface area contributed by atoms with Crippen molar-refractivity contribution in [2.24, 2.45) is 0 Å². The van der Waals surface area contributed by atoms with E-state index in [1.54, 1.807) is 0 Å². The minimum absolute atomic E-state index is 0.485. The van der Waals surface area contributed by atoms with Crippen LogP contribution in [0.1, 0.15) is 23.1 Å². The molecule has 0 bridgehead atoms. The first-order valence-electron chi connectivity index (χ1n) is 6.10. The van der Waals surface area contributed by atoms with Crippen molar-refractivity contribution in [1.29, 1.82) is 0 Å². The lowest BCUT2D eigenvalue weighted by atomic mass is 10.1. The maximum Gasteiger partial charge on any atom is 0.208 e. The Labute approximate surface area is 110 Å². The predicted octanol–water partition coefficient (Wildman–Crippen LogP) is 1.33. The Bertz CT molecular complexity index is 484. The molecule has 0 aromatic heterocycles. The average molecular weight is 270 g/mol. The van der Waals surface area contributed by atoms with Crippen molar-refractivity contribution >= 4 is 10.0 Å². The summed E-state index contributed by atoms with van der Waals surface area (Å²) in [6.07, 6.45) is 1.97. The van der Waals surface area contributed by atoms with Gasteiger partial charge in [-0.05, 0) is 43.5 Å². The second-order valence-corrected chi connectivity index (χ2v) is 6.45. The van der Waals surface area contributed by atoms with Crippen LogP contribution in [-0.4, -0.2) is 27.8 Å². The third-order valence-corrected chi connectivity index (χ3v) is 3.52. The van der Waals surface area contributed by atoms with Crippen LogP contribution in [0.3, 0.4) is 0 Å². The van der Waals surface area contributed by atoms with Gasteiger partial charge in [0.2, 0.25) is 10.0 Å². The van der Waals surface area contributed by atoms with Crippen LogP contribution in [0.25, 0.3) is 0 Å². The minimum atomic E-state index is -3.05. The molecule has 0 spiro atoms. The molecule has 1 aromatic rings. The van der Waals surface area contributed by atoms with E-state index < -0.39 is 10.0 Å². The van der Waals surface area contributed by atoms with Gasteiger partial charge in [0, 0.05) is 13.1 Å². The van der Waals surface area contributed by atoms with Gasteiger partial charge in [-0.1, -0.05) is 18.2 Å². The third-order valence-electron chi connectivity index (χ3n) is 2.80. The fourth-order valence-electron chi connectivity index (χ4n) is 1.62. The molecular formula is C13H22N2O2S. The fourth-order valence-corrected chi connectivity index (χ4v) is 2.13. The van der Waals surface area contributed by atoms with Crippen LogP contribution in [0.15, 0.2) is 18.2 Å². The Morgan fingerprint density at radius 3 is 2.44 bits per heavy atom. The number of nitrogens with one attached hydrogen (secondary N) is 2. The second-order valence-electron chi connectivity index (χ2n) is 4.62. The normalized spacial score (nSPS) is 11.7. The quantitative estimate of drug-likeness (QED) is 0.735. The van der Waals surface area contributed by atoms with Crippen molar-refractivity contribution in [2.45, 2.75) is 26.8 Å². The highest BCUT2D eigenvalue weighted by atomic mass is 32.2. The van der Waals surface area contributed by atoms with Crippen LogP contribution in [0.4, 0.5) is 0 Å². The summed E-state index contributed by atoms with van der Waals surface area (Å²) in [5, 5.41) is 3.30. The maximum absolute atomic E-state index is 10.8. The van der Waals surface area contributed by atoms with Crippen molar-refractivity contribution in [3.63, 3.8) is 0 Å². The largest absolute Gasteiger partial charge is 0.313 e. The van der Waals surface area contributed by atoms with Gasteiger partial charge in [0.25, 0.3) is 0 Å². The van der Waals surface area contributed by atoms with Crippen molar-refractivity contribution in [2.75, 3.05) is 19.3 Å². The highest BCUT2D eigenvalue weighted by molar-refractivity contribution is 7.88. The molecule has 0 radical (unpaired) electrons. The van der Waals surface area contributed by atoms with E-state index in [-0.39, 0.29) is 0 Å². The Balaban J connectivity index is 2.20. The predicted molar refractivity (Wildman–Crippen MR) is 75.1 cm³/mol. The molecule has 0 aliphatic rings. The number of rotatable bonds is 7. The maximum atomic E-state index is 10.8. The highest BCUT2D eigenvalue weighted by Crippen LogP contribution is 2.09. The molecule has 0 atom stereocenters. The number of hydrogen-bond donors (Lipinski definition) is 2. The molecular weight excluding hydrogens is 248 g/mol.